The van der Waals surface area contributed by atoms with Crippen LogP contribution in [0, 0.1) is 0 Å². The van der Waals surface area contributed by atoms with Crippen molar-refractivity contribution in [2.45, 2.75) is 57.9 Å². The van der Waals surface area contributed by atoms with E-state index in [1.54, 1.807) is 0 Å². The zero-order chi connectivity index (χ0) is 9.10. The second kappa shape index (κ2) is 4.37. The largest absolute Gasteiger partial charge is 0.321 e. The normalized spacial score (nSPS) is 41.8. The second-order valence-electron chi connectivity index (χ2n) is 3.53. The Morgan fingerprint density at radius 2 is 1.62 bits per heavy atom. The molecule has 2 aliphatic rings. The SMILES string of the molecule is CC1OO[C@H]2CCCCC[C@@H](O1)O2. The maximum atomic E-state index is 5.55. The van der Waals surface area contributed by atoms with Crippen molar-refractivity contribution in [3.63, 3.8) is 0 Å². The lowest BCUT2D eigenvalue weighted by Gasteiger charge is -2.21. The standard InChI is InChI=1S/C9H16O4/c1-7-10-8-5-3-2-4-6-9(11-8)13-12-7/h7-9H,2-6H2,1H3/t7?,8-,9-/m0/s1. The predicted octanol–water partition coefficient (Wildman–Crippen LogP) is 1.94. The van der Waals surface area contributed by atoms with Crippen LogP contribution in [0.4, 0.5) is 0 Å². The van der Waals surface area contributed by atoms with Crippen molar-refractivity contribution in [3.05, 3.63) is 0 Å². The van der Waals surface area contributed by atoms with Crippen LogP contribution in [0.5, 0.6) is 0 Å². The maximum absolute atomic E-state index is 5.55. The van der Waals surface area contributed by atoms with Gasteiger partial charge in [0.15, 0.2) is 18.9 Å². The molecule has 2 aliphatic heterocycles. The van der Waals surface area contributed by atoms with Crippen molar-refractivity contribution in [1.82, 2.24) is 0 Å². The number of hydrogen-bond donors (Lipinski definition) is 0. The molecule has 76 valence electrons. The van der Waals surface area contributed by atoms with E-state index in [1.807, 2.05) is 6.92 Å². The van der Waals surface area contributed by atoms with Gasteiger partial charge in [-0.2, -0.15) is 0 Å². The first-order valence-corrected chi connectivity index (χ1v) is 4.97. The van der Waals surface area contributed by atoms with Gasteiger partial charge >= 0.3 is 0 Å². The Balaban J connectivity index is 1.96. The molecule has 1 unspecified atom stereocenters. The van der Waals surface area contributed by atoms with Crippen molar-refractivity contribution in [3.8, 4) is 0 Å². The highest BCUT2D eigenvalue weighted by Gasteiger charge is 2.27. The number of fused-ring (bicyclic) bond motifs is 2. The zero-order valence-electron chi connectivity index (χ0n) is 7.90. The fraction of sp³-hybridized carbons (Fsp3) is 1.00. The molecule has 13 heavy (non-hydrogen) atoms. The first kappa shape index (κ1) is 9.40. The van der Waals surface area contributed by atoms with Crippen LogP contribution < -0.4 is 0 Å². The van der Waals surface area contributed by atoms with E-state index in [-0.39, 0.29) is 18.9 Å². The molecule has 2 heterocycles. The maximum Gasteiger partial charge on any atom is 0.194 e. The summed E-state index contributed by atoms with van der Waals surface area (Å²) >= 11 is 0. The molecule has 4 heteroatoms. The summed E-state index contributed by atoms with van der Waals surface area (Å²) in [6.45, 7) is 1.82. The van der Waals surface area contributed by atoms with Gasteiger partial charge < -0.3 is 9.47 Å². The van der Waals surface area contributed by atoms with E-state index >= 15 is 0 Å². The Bertz CT molecular complexity index is 162. The molecule has 0 N–H and O–H groups in total. The molecule has 0 saturated carbocycles. The Morgan fingerprint density at radius 3 is 2.46 bits per heavy atom. The molecule has 0 spiro atoms. The molecule has 4 nitrogen and oxygen atoms in total. The van der Waals surface area contributed by atoms with E-state index in [1.165, 1.54) is 6.42 Å². The van der Waals surface area contributed by atoms with Crippen molar-refractivity contribution in [2.24, 2.45) is 0 Å². The fourth-order valence-corrected chi connectivity index (χ4v) is 1.65. The van der Waals surface area contributed by atoms with E-state index in [2.05, 4.69) is 0 Å². The molecule has 0 radical (unpaired) electrons. The highest BCUT2D eigenvalue weighted by atomic mass is 17.3. The van der Waals surface area contributed by atoms with E-state index in [0.29, 0.717) is 0 Å². The molecule has 2 saturated heterocycles. The summed E-state index contributed by atoms with van der Waals surface area (Å²) in [5.74, 6) is 0. The molecule has 0 amide bonds. The average molecular weight is 188 g/mol. The number of ether oxygens (including phenoxy) is 2. The Hall–Kier alpha value is -0.160. The third kappa shape index (κ3) is 2.64. The van der Waals surface area contributed by atoms with Crippen molar-refractivity contribution < 1.29 is 19.2 Å². The molecule has 2 fully saturated rings. The van der Waals surface area contributed by atoms with Gasteiger partial charge in [-0.3, -0.25) is 0 Å². The molecular weight excluding hydrogens is 172 g/mol. The smallest absolute Gasteiger partial charge is 0.194 e. The van der Waals surface area contributed by atoms with Crippen molar-refractivity contribution in [2.75, 3.05) is 0 Å². The van der Waals surface area contributed by atoms with Crippen LogP contribution in [-0.2, 0) is 19.2 Å². The highest BCUT2D eigenvalue weighted by molar-refractivity contribution is 4.58. The Kier molecular flexibility index (Phi) is 3.16. The topological polar surface area (TPSA) is 36.9 Å². The first-order chi connectivity index (χ1) is 6.34. The van der Waals surface area contributed by atoms with Gasteiger partial charge in [-0.1, -0.05) is 6.42 Å². The van der Waals surface area contributed by atoms with Crippen LogP contribution in [0.15, 0.2) is 0 Å². The summed E-state index contributed by atoms with van der Waals surface area (Å²) in [5, 5.41) is 0. The summed E-state index contributed by atoms with van der Waals surface area (Å²) < 4.78 is 11.0. The summed E-state index contributed by atoms with van der Waals surface area (Å²) in [7, 11) is 0. The first-order valence-electron chi connectivity index (χ1n) is 4.97. The van der Waals surface area contributed by atoms with Gasteiger partial charge in [0.05, 0.1) is 0 Å². The lowest BCUT2D eigenvalue weighted by Crippen LogP contribution is -2.25. The average Bonchev–Trinajstić information content (AvgIpc) is 2.24. The minimum absolute atomic E-state index is 0.150. The number of rotatable bonds is 0. The monoisotopic (exact) mass is 188 g/mol. The van der Waals surface area contributed by atoms with Crippen molar-refractivity contribution in [1.29, 1.82) is 0 Å². The van der Waals surface area contributed by atoms with Crippen molar-refractivity contribution >= 4 is 0 Å². The lowest BCUT2D eigenvalue weighted by atomic mass is 10.1. The minimum atomic E-state index is -0.326. The van der Waals surface area contributed by atoms with Gasteiger partial charge in [-0.15, -0.1) is 0 Å². The van der Waals surface area contributed by atoms with E-state index in [9.17, 15) is 0 Å². The Labute approximate surface area is 78.0 Å². The quantitative estimate of drug-likeness (QED) is 0.544. The van der Waals surface area contributed by atoms with E-state index < -0.39 is 0 Å². The summed E-state index contributed by atoms with van der Waals surface area (Å²) in [6, 6.07) is 0. The van der Waals surface area contributed by atoms with Gasteiger partial charge in [0.1, 0.15) is 0 Å². The molecule has 0 aliphatic carbocycles. The zero-order valence-corrected chi connectivity index (χ0v) is 7.90. The summed E-state index contributed by atoms with van der Waals surface area (Å²) in [4.78, 5) is 10.1. The molecule has 3 atom stereocenters. The van der Waals surface area contributed by atoms with Gasteiger partial charge in [0.25, 0.3) is 0 Å². The summed E-state index contributed by atoms with van der Waals surface area (Å²) in [6.07, 6.45) is 4.63. The Morgan fingerprint density at radius 1 is 0.846 bits per heavy atom. The van der Waals surface area contributed by atoms with Crippen LogP contribution in [-0.4, -0.2) is 18.9 Å². The molecular formula is C9H16O4. The van der Waals surface area contributed by atoms with E-state index in [4.69, 9.17) is 19.2 Å². The third-order valence-electron chi connectivity index (χ3n) is 2.33. The molecule has 0 aromatic heterocycles. The molecule has 2 bridgehead atoms. The van der Waals surface area contributed by atoms with Crippen LogP contribution >= 0.6 is 0 Å². The minimum Gasteiger partial charge on any atom is -0.321 e. The summed E-state index contributed by atoms with van der Waals surface area (Å²) in [5.41, 5.74) is 0. The number of hydrogen-bond acceptors (Lipinski definition) is 4. The third-order valence-corrected chi connectivity index (χ3v) is 2.33. The van der Waals surface area contributed by atoms with Gasteiger partial charge in [-0.05, 0) is 26.2 Å². The second-order valence-corrected chi connectivity index (χ2v) is 3.53. The molecule has 0 aromatic carbocycles. The molecule has 0 aromatic rings. The van der Waals surface area contributed by atoms with Gasteiger partial charge in [0, 0.05) is 6.42 Å². The van der Waals surface area contributed by atoms with Gasteiger partial charge in [0.2, 0.25) is 0 Å². The predicted molar refractivity (Wildman–Crippen MR) is 44.5 cm³/mol. The van der Waals surface area contributed by atoms with Crippen LogP contribution in [0.1, 0.15) is 39.0 Å². The van der Waals surface area contributed by atoms with Crippen LogP contribution in [0.2, 0.25) is 0 Å². The van der Waals surface area contributed by atoms with Crippen LogP contribution in [0.3, 0.4) is 0 Å². The van der Waals surface area contributed by atoms with Gasteiger partial charge in [-0.25, -0.2) is 9.78 Å². The van der Waals surface area contributed by atoms with E-state index in [0.717, 1.165) is 25.7 Å². The highest BCUT2D eigenvalue weighted by Crippen LogP contribution is 2.23. The lowest BCUT2D eigenvalue weighted by molar-refractivity contribution is -0.395. The van der Waals surface area contributed by atoms with Crippen LogP contribution in [0.25, 0.3) is 0 Å². The fourth-order valence-electron chi connectivity index (χ4n) is 1.65. The molecule has 2 rings (SSSR count).